The summed E-state index contributed by atoms with van der Waals surface area (Å²) >= 11 is 0. The average Bonchev–Trinajstić information content (AvgIpc) is 3.05. The van der Waals surface area contributed by atoms with Crippen LogP contribution in [0.2, 0.25) is 0 Å². The van der Waals surface area contributed by atoms with Gasteiger partial charge in [0.25, 0.3) is 0 Å². The van der Waals surface area contributed by atoms with Crippen LogP contribution >= 0.6 is 0 Å². The van der Waals surface area contributed by atoms with Gasteiger partial charge in [0, 0.05) is 31.6 Å². The zero-order chi connectivity index (χ0) is 20.4. The molecule has 0 aromatic heterocycles. The van der Waals surface area contributed by atoms with E-state index in [1.54, 1.807) is 0 Å². The molecule has 0 spiro atoms. The van der Waals surface area contributed by atoms with Crippen molar-refractivity contribution in [1.29, 1.82) is 0 Å². The van der Waals surface area contributed by atoms with Crippen LogP contribution in [-0.2, 0) is 4.74 Å². The summed E-state index contributed by atoms with van der Waals surface area (Å²) in [5, 5.41) is 9.58. The van der Waals surface area contributed by atoms with Gasteiger partial charge in [0.15, 0.2) is 0 Å². The number of likely N-dealkylation sites (tertiary alicyclic amines) is 1. The lowest BCUT2D eigenvalue weighted by Gasteiger charge is -2.36. The zero-order valence-electron chi connectivity index (χ0n) is 17.3. The summed E-state index contributed by atoms with van der Waals surface area (Å²) in [6, 6.07) is 17.2. The molecule has 1 aliphatic heterocycles. The Kier molecular flexibility index (Phi) is 5.88. The molecule has 1 aliphatic carbocycles. The summed E-state index contributed by atoms with van der Waals surface area (Å²) in [5.74, 6) is 0.0982. The van der Waals surface area contributed by atoms with E-state index in [0.717, 1.165) is 12.8 Å². The highest BCUT2D eigenvalue weighted by Gasteiger charge is 2.31. The maximum absolute atomic E-state index is 12.7. The lowest BCUT2D eigenvalue weighted by atomic mass is 9.98. The summed E-state index contributed by atoms with van der Waals surface area (Å²) in [4.78, 5) is 16.7. The first kappa shape index (κ1) is 19.9. The predicted molar refractivity (Wildman–Crippen MR) is 114 cm³/mol. The summed E-state index contributed by atoms with van der Waals surface area (Å²) in [6.45, 7) is 4.24. The Bertz CT molecular complexity index is 813. The zero-order valence-corrected chi connectivity index (χ0v) is 17.3. The first-order chi connectivity index (χ1) is 14.0. The topological polar surface area (TPSA) is 53.0 Å². The Hall–Kier alpha value is -2.37. The summed E-state index contributed by atoms with van der Waals surface area (Å²) in [7, 11) is 2.04. The van der Waals surface area contributed by atoms with Crippen LogP contribution in [0.1, 0.15) is 36.8 Å². The summed E-state index contributed by atoms with van der Waals surface area (Å²) < 4.78 is 5.77. The monoisotopic (exact) mass is 394 g/mol. The third kappa shape index (κ3) is 4.16. The molecule has 1 heterocycles. The van der Waals surface area contributed by atoms with Crippen molar-refractivity contribution >= 4 is 6.09 Å². The van der Waals surface area contributed by atoms with E-state index in [4.69, 9.17) is 4.74 Å². The maximum Gasteiger partial charge on any atom is 0.409 e. The van der Waals surface area contributed by atoms with Gasteiger partial charge in [-0.05, 0) is 49.1 Å². The number of ether oxygens (including phenoxy) is 1. The fourth-order valence-corrected chi connectivity index (χ4v) is 4.74. The highest BCUT2D eigenvalue weighted by Crippen LogP contribution is 2.44. The van der Waals surface area contributed by atoms with Crippen LogP contribution in [0.25, 0.3) is 11.1 Å². The molecule has 5 nitrogen and oxygen atoms in total. The van der Waals surface area contributed by atoms with E-state index in [-0.39, 0.29) is 18.1 Å². The predicted octanol–water partition coefficient (Wildman–Crippen LogP) is 3.71. The molecule has 2 aliphatic rings. The molecular weight excluding hydrogens is 364 g/mol. The van der Waals surface area contributed by atoms with E-state index in [1.807, 2.05) is 31.0 Å². The molecule has 5 heteroatoms. The van der Waals surface area contributed by atoms with Crippen LogP contribution < -0.4 is 0 Å². The first-order valence-corrected chi connectivity index (χ1v) is 10.5. The smallest absolute Gasteiger partial charge is 0.409 e. The largest absolute Gasteiger partial charge is 0.448 e. The van der Waals surface area contributed by atoms with E-state index >= 15 is 0 Å². The second-order valence-electron chi connectivity index (χ2n) is 8.31. The number of aliphatic hydroxyl groups is 1. The van der Waals surface area contributed by atoms with Gasteiger partial charge >= 0.3 is 6.09 Å². The molecule has 2 aromatic carbocycles. The van der Waals surface area contributed by atoms with Crippen molar-refractivity contribution in [1.82, 2.24) is 9.80 Å². The Morgan fingerprint density at radius 2 is 1.66 bits per heavy atom. The Morgan fingerprint density at radius 1 is 1.10 bits per heavy atom. The van der Waals surface area contributed by atoms with Crippen molar-refractivity contribution in [2.45, 2.75) is 37.8 Å². The minimum absolute atomic E-state index is 0.0982. The molecule has 4 rings (SSSR count). The number of carbonyl (C=O) groups excluding carboxylic acids is 1. The molecule has 2 aromatic rings. The van der Waals surface area contributed by atoms with Gasteiger partial charge in [-0.15, -0.1) is 0 Å². The molecule has 1 saturated heterocycles. The van der Waals surface area contributed by atoms with Gasteiger partial charge in [-0.1, -0.05) is 48.5 Å². The SMILES string of the molecule is CC(O)CN(C)C1CCN(C(=O)OCC2c3ccccc3-c3ccccc32)CC1. The van der Waals surface area contributed by atoms with Crippen molar-refractivity contribution in [2.24, 2.45) is 0 Å². The standard InChI is InChI=1S/C24H30N2O3/c1-17(27)15-25(2)18-11-13-26(14-12-18)24(28)29-16-23-21-9-5-3-7-19(21)20-8-4-6-10-22(20)23/h3-10,17-18,23,27H,11-16H2,1-2H3. The number of benzene rings is 2. The molecule has 1 N–H and O–H groups in total. The van der Waals surface area contributed by atoms with Gasteiger partial charge in [-0.3, -0.25) is 0 Å². The number of rotatable bonds is 5. The molecule has 1 fully saturated rings. The van der Waals surface area contributed by atoms with Gasteiger partial charge in [0.2, 0.25) is 0 Å². The number of hydrogen-bond acceptors (Lipinski definition) is 4. The van der Waals surface area contributed by atoms with Gasteiger partial charge in [0.1, 0.15) is 6.61 Å². The third-order valence-corrected chi connectivity index (χ3v) is 6.23. The minimum Gasteiger partial charge on any atom is -0.448 e. The van der Waals surface area contributed by atoms with E-state index < -0.39 is 0 Å². The molecule has 29 heavy (non-hydrogen) atoms. The number of piperidine rings is 1. The van der Waals surface area contributed by atoms with E-state index in [0.29, 0.717) is 32.3 Å². The van der Waals surface area contributed by atoms with E-state index in [1.165, 1.54) is 22.3 Å². The van der Waals surface area contributed by atoms with Gasteiger partial charge in [-0.25, -0.2) is 4.79 Å². The van der Waals surface area contributed by atoms with Crippen LogP contribution in [0, 0.1) is 0 Å². The summed E-state index contributed by atoms with van der Waals surface area (Å²) in [5.41, 5.74) is 4.96. The molecule has 1 atom stereocenters. The normalized spacial score (nSPS) is 17.9. The van der Waals surface area contributed by atoms with Crippen molar-refractivity contribution < 1.29 is 14.6 Å². The fraction of sp³-hybridized carbons (Fsp3) is 0.458. The van der Waals surface area contributed by atoms with E-state index in [9.17, 15) is 9.90 Å². The first-order valence-electron chi connectivity index (χ1n) is 10.5. The highest BCUT2D eigenvalue weighted by atomic mass is 16.6. The van der Waals surface area contributed by atoms with Crippen LogP contribution in [-0.4, -0.2) is 66.4 Å². The lowest BCUT2D eigenvalue weighted by molar-refractivity contribution is 0.0624. The summed E-state index contributed by atoms with van der Waals surface area (Å²) in [6.07, 6.45) is 1.27. The number of aliphatic hydroxyl groups excluding tert-OH is 1. The Balaban J connectivity index is 1.35. The number of hydrogen-bond donors (Lipinski definition) is 1. The van der Waals surface area contributed by atoms with Crippen molar-refractivity contribution in [3.05, 3.63) is 59.7 Å². The van der Waals surface area contributed by atoms with Gasteiger partial charge in [0.05, 0.1) is 6.10 Å². The highest BCUT2D eigenvalue weighted by molar-refractivity contribution is 5.79. The quantitative estimate of drug-likeness (QED) is 0.840. The van der Waals surface area contributed by atoms with Crippen molar-refractivity contribution in [3.8, 4) is 11.1 Å². The second-order valence-corrected chi connectivity index (χ2v) is 8.31. The van der Waals surface area contributed by atoms with Crippen molar-refractivity contribution in [2.75, 3.05) is 33.3 Å². The van der Waals surface area contributed by atoms with Crippen molar-refractivity contribution in [3.63, 3.8) is 0 Å². The van der Waals surface area contributed by atoms with Crippen LogP contribution in [0.15, 0.2) is 48.5 Å². The third-order valence-electron chi connectivity index (χ3n) is 6.23. The number of carbonyl (C=O) groups is 1. The lowest BCUT2D eigenvalue weighted by Crippen LogP contribution is -2.47. The van der Waals surface area contributed by atoms with Crippen LogP contribution in [0.3, 0.4) is 0 Å². The molecule has 154 valence electrons. The molecular formula is C24H30N2O3. The number of amides is 1. The Morgan fingerprint density at radius 3 is 2.21 bits per heavy atom. The molecule has 1 amide bonds. The Labute approximate surface area is 172 Å². The van der Waals surface area contributed by atoms with Crippen LogP contribution in [0.5, 0.6) is 0 Å². The molecule has 1 unspecified atom stereocenters. The van der Waals surface area contributed by atoms with Gasteiger partial charge < -0.3 is 19.6 Å². The minimum atomic E-state index is -0.333. The molecule has 0 bridgehead atoms. The number of likely N-dealkylation sites (N-methyl/N-ethyl adjacent to an activating group) is 1. The maximum atomic E-state index is 12.7. The molecule has 0 radical (unpaired) electrons. The number of nitrogens with zero attached hydrogens (tertiary/aromatic N) is 2. The van der Waals surface area contributed by atoms with E-state index in [2.05, 4.69) is 41.3 Å². The number of fused-ring (bicyclic) bond motifs is 3. The second kappa shape index (κ2) is 8.56. The average molecular weight is 395 g/mol. The van der Waals surface area contributed by atoms with Crippen LogP contribution in [0.4, 0.5) is 4.79 Å². The fourth-order valence-electron chi connectivity index (χ4n) is 4.74. The molecule has 0 saturated carbocycles. The van der Waals surface area contributed by atoms with Gasteiger partial charge in [-0.2, -0.15) is 0 Å².